The molecule has 0 heterocycles. The Hall–Kier alpha value is -1.26. The van der Waals surface area contributed by atoms with Crippen LogP contribution in [0.1, 0.15) is 53.4 Å². The third-order valence-electron chi connectivity index (χ3n) is 3.16. The van der Waals surface area contributed by atoms with E-state index < -0.39 is 18.0 Å². The maximum absolute atomic E-state index is 11.7. The molecule has 0 saturated carbocycles. The number of amides is 2. The molecule has 0 rings (SSSR count). The Morgan fingerprint density at radius 3 is 2.12 bits per heavy atom. The van der Waals surface area contributed by atoms with Crippen molar-refractivity contribution in [2.45, 2.75) is 65.0 Å². The van der Waals surface area contributed by atoms with Gasteiger partial charge >= 0.3 is 12.0 Å². The highest BCUT2D eigenvalue weighted by atomic mass is 16.4. The zero-order valence-electron chi connectivity index (χ0n) is 11.2. The third-order valence-corrected chi connectivity index (χ3v) is 3.16. The Morgan fingerprint density at radius 2 is 1.76 bits per heavy atom. The summed E-state index contributed by atoms with van der Waals surface area (Å²) < 4.78 is 0. The number of carboxylic acids is 1. The van der Waals surface area contributed by atoms with Crippen molar-refractivity contribution in [3.8, 4) is 0 Å². The molecule has 5 heteroatoms. The normalized spacial score (nSPS) is 12.9. The Labute approximate surface area is 103 Å². The lowest BCUT2D eigenvalue weighted by atomic mass is 9.96. The van der Waals surface area contributed by atoms with Crippen LogP contribution >= 0.6 is 0 Å². The summed E-state index contributed by atoms with van der Waals surface area (Å²) in [6, 6.07) is -1.21. The predicted molar refractivity (Wildman–Crippen MR) is 67.0 cm³/mol. The number of hydrogen-bond donors (Lipinski definition) is 3. The van der Waals surface area contributed by atoms with Crippen molar-refractivity contribution in [2.24, 2.45) is 0 Å². The molecule has 0 saturated heterocycles. The molecule has 2 amide bonds. The average molecular weight is 244 g/mol. The summed E-state index contributed by atoms with van der Waals surface area (Å²) in [5, 5.41) is 14.2. The Kier molecular flexibility index (Phi) is 6.61. The molecule has 0 aliphatic carbocycles. The van der Waals surface area contributed by atoms with Gasteiger partial charge in [0.05, 0.1) is 0 Å². The van der Waals surface area contributed by atoms with E-state index in [0.717, 1.165) is 19.3 Å². The maximum Gasteiger partial charge on any atom is 0.326 e. The molecule has 100 valence electrons. The first-order valence-electron chi connectivity index (χ1n) is 6.20. The van der Waals surface area contributed by atoms with E-state index in [2.05, 4.69) is 10.6 Å². The molecule has 0 aliphatic rings. The summed E-state index contributed by atoms with van der Waals surface area (Å²) in [5.74, 6) is -0.989. The number of carbonyl (C=O) groups excluding carboxylic acids is 1. The molecule has 1 atom stereocenters. The van der Waals surface area contributed by atoms with Gasteiger partial charge in [-0.05, 0) is 26.2 Å². The molecule has 5 nitrogen and oxygen atoms in total. The molecule has 0 aromatic heterocycles. The van der Waals surface area contributed by atoms with Crippen LogP contribution in [0.3, 0.4) is 0 Å². The number of carboxylic acid groups (broad SMARTS) is 1. The monoisotopic (exact) mass is 244 g/mol. The molecule has 0 unspecified atom stereocenters. The lowest BCUT2D eigenvalue weighted by molar-refractivity contribution is -0.139. The van der Waals surface area contributed by atoms with Gasteiger partial charge in [-0.3, -0.25) is 0 Å². The fraction of sp³-hybridized carbons (Fsp3) is 0.833. The first-order chi connectivity index (χ1) is 7.88. The van der Waals surface area contributed by atoms with Crippen LogP contribution in [-0.4, -0.2) is 28.7 Å². The standard InChI is InChI=1S/C12H24N2O3/c1-5-8-9(10(15)16)13-11(17)14-12(4,6-2)7-3/h9H,5-8H2,1-4H3,(H,15,16)(H2,13,14,17)/t9-/m1/s1. The molecule has 17 heavy (non-hydrogen) atoms. The van der Waals surface area contributed by atoms with Crippen molar-refractivity contribution in [2.75, 3.05) is 0 Å². The molecular weight excluding hydrogens is 220 g/mol. The largest absolute Gasteiger partial charge is 0.480 e. The minimum absolute atomic E-state index is 0.278. The van der Waals surface area contributed by atoms with E-state index >= 15 is 0 Å². The average Bonchev–Trinajstić information content (AvgIpc) is 2.28. The Bertz CT molecular complexity index is 262. The second-order valence-corrected chi connectivity index (χ2v) is 4.55. The lowest BCUT2D eigenvalue weighted by Gasteiger charge is -2.29. The van der Waals surface area contributed by atoms with Gasteiger partial charge in [-0.25, -0.2) is 9.59 Å². The van der Waals surface area contributed by atoms with Crippen LogP contribution < -0.4 is 10.6 Å². The second-order valence-electron chi connectivity index (χ2n) is 4.55. The van der Waals surface area contributed by atoms with Crippen LogP contribution in [0.4, 0.5) is 4.79 Å². The topological polar surface area (TPSA) is 78.4 Å². The van der Waals surface area contributed by atoms with Crippen molar-refractivity contribution >= 4 is 12.0 Å². The van der Waals surface area contributed by atoms with Gasteiger partial charge in [-0.1, -0.05) is 27.2 Å². The van der Waals surface area contributed by atoms with Gasteiger partial charge in [0, 0.05) is 5.54 Å². The Morgan fingerprint density at radius 1 is 1.24 bits per heavy atom. The van der Waals surface area contributed by atoms with Crippen LogP contribution in [-0.2, 0) is 4.79 Å². The molecular formula is C12H24N2O3. The zero-order valence-corrected chi connectivity index (χ0v) is 11.2. The number of urea groups is 1. The summed E-state index contributed by atoms with van der Waals surface area (Å²) in [6.45, 7) is 7.81. The van der Waals surface area contributed by atoms with E-state index in [4.69, 9.17) is 5.11 Å². The van der Waals surface area contributed by atoms with Gasteiger partial charge in [0.15, 0.2) is 0 Å². The molecule has 0 radical (unpaired) electrons. The molecule has 0 spiro atoms. The van der Waals surface area contributed by atoms with Crippen LogP contribution in [0.2, 0.25) is 0 Å². The number of aliphatic carboxylic acids is 1. The fourth-order valence-electron chi connectivity index (χ4n) is 1.44. The van der Waals surface area contributed by atoms with E-state index in [1.165, 1.54) is 0 Å². The molecule has 0 aromatic carbocycles. The van der Waals surface area contributed by atoms with Crippen molar-refractivity contribution in [1.82, 2.24) is 10.6 Å². The van der Waals surface area contributed by atoms with Crippen LogP contribution in [0.25, 0.3) is 0 Å². The zero-order chi connectivity index (χ0) is 13.5. The Balaban J connectivity index is 4.37. The SMILES string of the molecule is CCC[C@@H](NC(=O)NC(C)(CC)CC)C(=O)O. The number of rotatable bonds is 7. The minimum Gasteiger partial charge on any atom is -0.480 e. The highest BCUT2D eigenvalue weighted by Gasteiger charge is 2.25. The summed E-state index contributed by atoms with van der Waals surface area (Å²) in [4.78, 5) is 22.6. The lowest BCUT2D eigenvalue weighted by Crippen LogP contribution is -2.53. The summed E-state index contributed by atoms with van der Waals surface area (Å²) in [7, 11) is 0. The van der Waals surface area contributed by atoms with Crippen LogP contribution in [0.15, 0.2) is 0 Å². The molecule has 0 aliphatic heterocycles. The highest BCUT2D eigenvalue weighted by molar-refractivity contribution is 5.82. The van der Waals surface area contributed by atoms with E-state index in [0.29, 0.717) is 6.42 Å². The highest BCUT2D eigenvalue weighted by Crippen LogP contribution is 2.13. The summed E-state index contributed by atoms with van der Waals surface area (Å²) in [6.07, 6.45) is 2.78. The number of nitrogens with one attached hydrogen (secondary N) is 2. The quantitative estimate of drug-likeness (QED) is 0.642. The van der Waals surface area contributed by atoms with Crippen molar-refractivity contribution in [1.29, 1.82) is 0 Å². The van der Waals surface area contributed by atoms with Crippen molar-refractivity contribution in [3.63, 3.8) is 0 Å². The first-order valence-corrected chi connectivity index (χ1v) is 6.20. The predicted octanol–water partition coefficient (Wildman–Crippen LogP) is 2.12. The van der Waals surface area contributed by atoms with E-state index in [1.54, 1.807) is 0 Å². The van der Waals surface area contributed by atoms with Gasteiger partial charge < -0.3 is 15.7 Å². The fourth-order valence-corrected chi connectivity index (χ4v) is 1.44. The van der Waals surface area contributed by atoms with Crippen LogP contribution in [0, 0.1) is 0 Å². The molecule has 0 aromatic rings. The van der Waals surface area contributed by atoms with Crippen LogP contribution in [0.5, 0.6) is 0 Å². The van der Waals surface area contributed by atoms with Crippen molar-refractivity contribution in [3.05, 3.63) is 0 Å². The molecule has 0 fully saturated rings. The van der Waals surface area contributed by atoms with Gasteiger partial charge in [-0.2, -0.15) is 0 Å². The maximum atomic E-state index is 11.7. The van der Waals surface area contributed by atoms with Gasteiger partial charge in [0.2, 0.25) is 0 Å². The molecule has 0 bridgehead atoms. The first kappa shape index (κ1) is 15.7. The summed E-state index contributed by atoms with van der Waals surface area (Å²) in [5.41, 5.74) is -0.278. The van der Waals surface area contributed by atoms with E-state index in [1.807, 2.05) is 27.7 Å². The van der Waals surface area contributed by atoms with Crippen molar-refractivity contribution < 1.29 is 14.7 Å². The number of hydrogen-bond acceptors (Lipinski definition) is 2. The van der Waals surface area contributed by atoms with Gasteiger partial charge in [-0.15, -0.1) is 0 Å². The van der Waals surface area contributed by atoms with E-state index in [9.17, 15) is 9.59 Å². The molecule has 3 N–H and O–H groups in total. The summed E-state index contributed by atoms with van der Waals surface area (Å²) >= 11 is 0. The van der Waals surface area contributed by atoms with Gasteiger partial charge in [0.1, 0.15) is 6.04 Å². The third kappa shape index (κ3) is 5.56. The minimum atomic E-state index is -0.989. The number of carbonyl (C=O) groups is 2. The smallest absolute Gasteiger partial charge is 0.326 e. The van der Waals surface area contributed by atoms with Gasteiger partial charge in [0.25, 0.3) is 0 Å². The second kappa shape index (κ2) is 7.14. The van der Waals surface area contributed by atoms with E-state index in [-0.39, 0.29) is 5.54 Å².